The van der Waals surface area contributed by atoms with Crippen LogP contribution in [0.15, 0.2) is 29.2 Å². The summed E-state index contributed by atoms with van der Waals surface area (Å²) in [5.74, 6) is -0.219. The highest BCUT2D eigenvalue weighted by Gasteiger charge is 2.37. The molecule has 1 fully saturated rings. The Morgan fingerprint density at radius 1 is 1.30 bits per heavy atom. The van der Waals surface area contributed by atoms with E-state index in [4.69, 9.17) is 0 Å². The van der Waals surface area contributed by atoms with Gasteiger partial charge in [-0.05, 0) is 37.1 Å². The first-order valence-corrected chi connectivity index (χ1v) is 8.27. The Balaban J connectivity index is 2.36. The molecule has 112 valence electrons. The Morgan fingerprint density at radius 2 is 1.90 bits per heavy atom. The molecule has 6 heteroatoms. The summed E-state index contributed by atoms with van der Waals surface area (Å²) in [6, 6.07) is 5.05. The summed E-state index contributed by atoms with van der Waals surface area (Å²) < 4.78 is 40.0. The van der Waals surface area contributed by atoms with Gasteiger partial charge in [0, 0.05) is 25.2 Å². The molecule has 2 unspecified atom stereocenters. The van der Waals surface area contributed by atoms with E-state index in [1.807, 2.05) is 20.8 Å². The molecule has 2 atom stereocenters. The first kappa shape index (κ1) is 15.4. The molecule has 0 radical (unpaired) electrons. The van der Waals surface area contributed by atoms with Crippen molar-refractivity contribution in [3.63, 3.8) is 0 Å². The van der Waals surface area contributed by atoms with Crippen LogP contribution in [0, 0.1) is 11.7 Å². The van der Waals surface area contributed by atoms with Crippen LogP contribution < -0.4 is 5.32 Å². The van der Waals surface area contributed by atoms with Crippen LogP contribution in [0.25, 0.3) is 0 Å². The number of nitrogens with zero attached hydrogens (tertiary/aromatic N) is 1. The summed E-state index contributed by atoms with van der Waals surface area (Å²) in [4.78, 5) is 0.152. The predicted octanol–water partition coefficient (Wildman–Crippen LogP) is 1.83. The fourth-order valence-electron chi connectivity index (χ4n) is 2.48. The Bertz CT molecular complexity index is 557. The fraction of sp³-hybridized carbons (Fsp3) is 0.571. The summed E-state index contributed by atoms with van der Waals surface area (Å²) >= 11 is 0. The molecule has 1 aliphatic heterocycles. The fourth-order valence-corrected chi connectivity index (χ4v) is 4.33. The van der Waals surface area contributed by atoms with Gasteiger partial charge < -0.3 is 5.32 Å². The average Bonchev–Trinajstić information content (AvgIpc) is 2.38. The summed E-state index contributed by atoms with van der Waals surface area (Å²) in [5.41, 5.74) is 0. The normalized spacial score (nSPS) is 25.1. The second kappa shape index (κ2) is 5.79. The topological polar surface area (TPSA) is 49.4 Å². The molecule has 1 N–H and O–H groups in total. The second-order valence-corrected chi connectivity index (χ2v) is 7.54. The standard InChI is InChI=1S/C14H21FN2O2S/c1-10(2)14-8-16-11(3)9-17(14)20(18,19)13-6-4-12(15)5-7-13/h4-7,10-11,14,16H,8-9H2,1-3H3. The van der Waals surface area contributed by atoms with Crippen LogP contribution in [0.1, 0.15) is 20.8 Å². The van der Waals surface area contributed by atoms with E-state index in [9.17, 15) is 12.8 Å². The number of sulfonamides is 1. The largest absolute Gasteiger partial charge is 0.311 e. The van der Waals surface area contributed by atoms with Gasteiger partial charge in [-0.2, -0.15) is 4.31 Å². The van der Waals surface area contributed by atoms with Crippen LogP contribution in [0.4, 0.5) is 4.39 Å². The van der Waals surface area contributed by atoms with Crippen molar-refractivity contribution in [1.82, 2.24) is 9.62 Å². The van der Waals surface area contributed by atoms with E-state index in [1.165, 1.54) is 24.3 Å². The molecule has 1 heterocycles. The van der Waals surface area contributed by atoms with Crippen molar-refractivity contribution in [3.8, 4) is 0 Å². The van der Waals surface area contributed by atoms with Gasteiger partial charge in [0.05, 0.1) is 4.90 Å². The highest BCUT2D eigenvalue weighted by atomic mass is 32.2. The van der Waals surface area contributed by atoms with Crippen LogP contribution in [0.2, 0.25) is 0 Å². The lowest BCUT2D eigenvalue weighted by Crippen LogP contribution is -2.58. The molecule has 0 aromatic heterocycles. The Kier molecular flexibility index (Phi) is 4.46. The molecular weight excluding hydrogens is 279 g/mol. The molecule has 2 rings (SSSR count). The summed E-state index contributed by atoms with van der Waals surface area (Å²) in [7, 11) is -3.58. The van der Waals surface area contributed by atoms with Crippen molar-refractivity contribution in [2.24, 2.45) is 5.92 Å². The van der Waals surface area contributed by atoms with Crippen LogP contribution in [-0.4, -0.2) is 37.9 Å². The average molecular weight is 300 g/mol. The molecule has 1 aromatic rings. The monoisotopic (exact) mass is 300 g/mol. The summed E-state index contributed by atoms with van der Waals surface area (Å²) in [6.07, 6.45) is 0. The lowest BCUT2D eigenvalue weighted by atomic mass is 10.0. The number of benzene rings is 1. The molecule has 20 heavy (non-hydrogen) atoms. The zero-order valence-corrected chi connectivity index (χ0v) is 12.8. The van der Waals surface area contributed by atoms with Gasteiger partial charge in [0.1, 0.15) is 5.82 Å². The van der Waals surface area contributed by atoms with E-state index in [1.54, 1.807) is 4.31 Å². The highest BCUT2D eigenvalue weighted by Crippen LogP contribution is 2.24. The van der Waals surface area contributed by atoms with Crippen LogP contribution in [-0.2, 0) is 10.0 Å². The number of hydrogen-bond donors (Lipinski definition) is 1. The predicted molar refractivity (Wildman–Crippen MR) is 76.4 cm³/mol. The third-order valence-electron chi connectivity index (χ3n) is 3.69. The minimum Gasteiger partial charge on any atom is -0.311 e. The number of piperazine rings is 1. The number of rotatable bonds is 3. The Labute approximate surface area is 120 Å². The third-order valence-corrected chi connectivity index (χ3v) is 5.59. The van der Waals surface area contributed by atoms with E-state index < -0.39 is 15.8 Å². The zero-order chi connectivity index (χ0) is 14.9. The zero-order valence-electron chi connectivity index (χ0n) is 12.0. The minimum atomic E-state index is -3.58. The maximum Gasteiger partial charge on any atom is 0.243 e. The molecule has 0 aliphatic carbocycles. The van der Waals surface area contributed by atoms with Crippen molar-refractivity contribution in [3.05, 3.63) is 30.1 Å². The molecule has 0 bridgehead atoms. The van der Waals surface area contributed by atoms with Gasteiger partial charge >= 0.3 is 0 Å². The molecule has 1 saturated heterocycles. The Morgan fingerprint density at radius 3 is 2.45 bits per heavy atom. The van der Waals surface area contributed by atoms with Crippen molar-refractivity contribution in [2.45, 2.75) is 37.8 Å². The maximum atomic E-state index is 13.0. The quantitative estimate of drug-likeness (QED) is 0.926. The molecule has 1 aromatic carbocycles. The smallest absolute Gasteiger partial charge is 0.243 e. The van der Waals surface area contributed by atoms with Crippen molar-refractivity contribution < 1.29 is 12.8 Å². The second-order valence-electron chi connectivity index (χ2n) is 5.65. The maximum absolute atomic E-state index is 13.0. The van der Waals surface area contributed by atoms with Crippen LogP contribution in [0.3, 0.4) is 0 Å². The molecule has 4 nitrogen and oxygen atoms in total. The lowest BCUT2D eigenvalue weighted by molar-refractivity contribution is 0.189. The van der Waals surface area contributed by atoms with E-state index in [-0.39, 0.29) is 22.9 Å². The van der Waals surface area contributed by atoms with E-state index in [2.05, 4.69) is 5.32 Å². The van der Waals surface area contributed by atoms with Gasteiger partial charge in [-0.1, -0.05) is 13.8 Å². The lowest BCUT2D eigenvalue weighted by Gasteiger charge is -2.40. The van der Waals surface area contributed by atoms with Crippen LogP contribution >= 0.6 is 0 Å². The molecule has 0 amide bonds. The van der Waals surface area contributed by atoms with Gasteiger partial charge in [-0.3, -0.25) is 0 Å². The van der Waals surface area contributed by atoms with Crippen molar-refractivity contribution in [2.75, 3.05) is 13.1 Å². The van der Waals surface area contributed by atoms with Gasteiger partial charge in [-0.25, -0.2) is 12.8 Å². The molecular formula is C14H21FN2O2S. The van der Waals surface area contributed by atoms with Crippen molar-refractivity contribution >= 4 is 10.0 Å². The van der Waals surface area contributed by atoms with Gasteiger partial charge in [0.15, 0.2) is 0 Å². The SMILES string of the molecule is CC1CN(S(=O)(=O)c2ccc(F)cc2)C(C(C)C)CN1. The summed E-state index contributed by atoms with van der Waals surface area (Å²) in [6.45, 7) is 7.05. The summed E-state index contributed by atoms with van der Waals surface area (Å²) in [5, 5.41) is 3.31. The minimum absolute atomic E-state index is 0.0822. The first-order valence-electron chi connectivity index (χ1n) is 6.83. The molecule has 1 aliphatic rings. The first-order chi connectivity index (χ1) is 9.32. The van der Waals surface area contributed by atoms with Gasteiger partial charge in [-0.15, -0.1) is 0 Å². The van der Waals surface area contributed by atoms with Gasteiger partial charge in [0.2, 0.25) is 10.0 Å². The Hall–Kier alpha value is -0.980. The van der Waals surface area contributed by atoms with E-state index in [0.29, 0.717) is 13.1 Å². The number of nitrogens with one attached hydrogen (secondary N) is 1. The highest BCUT2D eigenvalue weighted by molar-refractivity contribution is 7.89. The molecule has 0 saturated carbocycles. The third kappa shape index (κ3) is 3.02. The van der Waals surface area contributed by atoms with Gasteiger partial charge in [0.25, 0.3) is 0 Å². The number of halogens is 1. The molecule has 0 spiro atoms. The van der Waals surface area contributed by atoms with E-state index >= 15 is 0 Å². The number of hydrogen-bond acceptors (Lipinski definition) is 3. The van der Waals surface area contributed by atoms with Crippen molar-refractivity contribution in [1.29, 1.82) is 0 Å². The van der Waals surface area contributed by atoms with E-state index in [0.717, 1.165) is 0 Å². The van der Waals surface area contributed by atoms with Crippen LogP contribution in [0.5, 0.6) is 0 Å².